The zero-order valence-corrected chi connectivity index (χ0v) is 10.2. The molecule has 4 heteroatoms. The predicted octanol–water partition coefficient (Wildman–Crippen LogP) is 1.83. The Kier molecular flexibility index (Phi) is 4.69. The minimum Gasteiger partial charge on any atom is -0.387 e. The number of nitrogens with two attached hydrogens (primary N) is 1. The average Bonchev–Trinajstić information content (AvgIpc) is 2.35. The average molecular weight is 233 g/mol. The van der Waals surface area contributed by atoms with Crippen molar-refractivity contribution >= 4 is 11.7 Å². The fraction of sp³-hybridized carbons (Fsp3) is 0.385. The molecular formula is C13H19N3O. The van der Waals surface area contributed by atoms with Crippen LogP contribution in [0, 0.1) is 11.3 Å². The highest BCUT2D eigenvalue weighted by molar-refractivity contribution is 6.00. The first kappa shape index (κ1) is 13.2. The van der Waals surface area contributed by atoms with Crippen LogP contribution in [0.15, 0.2) is 30.3 Å². The van der Waals surface area contributed by atoms with Crippen molar-refractivity contribution in [1.29, 1.82) is 5.41 Å². The smallest absolute Gasteiger partial charge is 0.230 e. The number of benzene rings is 1. The Labute approximate surface area is 102 Å². The van der Waals surface area contributed by atoms with E-state index < -0.39 is 5.92 Å². The number of rotatable bonds is 5. The lowest BCUT2D eigenvalue weighted by Gasteiger charge is -2.19. The molecule has 0 saturated heterocycles. The third-order valence-corrected chi connectivity index (χ3v) is 2.79. The van der Waals surface area contributed by atoms with Gasteiger partial charge in [0.05, 0.1) is 12.0 Å². The lowest BCUT2D eigenvalue weighted by atomic mass is 10.0. The van der Waals surface area contributed by atoms with Crippen molar-refractivity contribution in [1.82, 2.24) is 5.32 Å². The van der Waals surface area contributed by atoms with E-state index in [4.69, 9.17) is 11.1 Å². The molecule has 0 aliphatic heterocycles. The summed E-state index contributed by atoms with van der Waals surface area (Å²) in [5.41, 5.74) is 6.38. The molecule has 2 atom stereocenters. The topological polar surface area (TPSA) is 79.0 Å². The molecule has 0 aliphatic rings. The number of nitrogens with one attached hydrogen (secondary N) is 2. The lowest BCUT2D eigenvalue weighted by molar-refractivity contribution is -0.123. The number of amides is 1. The second kappa shape index (κ2) is 6.03. The Balaban J connectivity index is 2.71. The molecule has 0 aliphatic carbocycles. The van der Waals surface area contributed by atoms with Crippen molar-refractivity contribution in [2.45, 2.75) is 26.3 Å². The van der Waals surface area contributed by atoms with Crippen molar-refractivity contribution in [3.63, 3.8) is 0 Å². The first-order valence-electron chi connectivity index (χ1n) is 5.75. The minimum absolute atomic E-state index is 0.0227. The maximum absolute atomic E-state index is 11.8. The largest absolute Gasteiger partial charge is 0.387 e. The third-order valence-electron chi connectivity index (χ3n) is 2.79. The van der Waals surface area contributed by atoms with Crippen LogP contribution in [-0.4, -0.2) is 11.7 Å². The molecule has 92 valence electrons. The van der Waals surface area contributed by atoms with E-state index in [9.17, 15) is 4.79 Å². The second-order valence-corrected chi connectivity index (χ2v) is 4.06. The van der Waals surface area contributed by atoms with Gasteiger partial charge in [0.15, 0.2) is 0 Å². The molecule has 0 unspecified atom stereocenters. The van der Waals surface area contributed by atoms with Crippen LogP contribution in [0.2, 0.25) is 0 Å². The van der Waals surface area contributed by atoms with Crippen molar-refractivity contribution < 1.29 is 4.79 Å². The highest BCUT2D eigenvalue weighted by atomic mass is 16.1. The van der Waals surface area contributed by atoms with Gasteiger partial charge in [0.2, 0.25) is 5.91 Å². The summed E-state index contributed by atoms with van der Waals surface area (Å²) in [4.78, 5) is 11.8. The van der Waals surface area contributed by atoms with Crippen LogP contribution in [0.1, 0.15) is 31.9 Å². The van der Waals surface area contributed by atoms with Gasteiger partial charge in [-0.15, -0.1) is 0 Å². The number of hydrogen-bond donors (Lipinski definition) is 3. The Hall–Kier alpha value is -1.84. The van der Waals surface area contributed by atoms with Gasteiger partial charge in [-0.05, 0) is 18.9 Å². The summed E-state index contributed by atoms with van der Waals surface area (Å²) in [6.45, 7) is 3.64. The highest BCUT2D eigenvalue weighted by Gasteiger charge is 2.19. The van der Waals surface area contributed by atoms with Gasteiger partial charge in [0, 0.05) is 0 Å². The molecule has 1 aromatic carbocycles. The molecule has 4 nitrogen and oxygen atoms in total. The summed E-state index contributed by atoms with van der Waals surface area (Å²) in [5, 5.41) is 10.2. The molecule has 0 bridgehead atoms. The molecule has 0 heterocycles. The summed E-state index contributed by atoms with van der Waals surface area (Å²) in [6.07, 6.45) is 0.806. The van der Waals surface area contributed by atoms with Gasteiger partial charge < -0.3 is 11.1 Å². The molecule has 0 aromatic heterocycles. The molecule has 1 amide bonds. The van der Waals surface area contributed by atoms with E-state index in [1.54, 1.807) is 6.92 Å². The van der Waals surface area contributed by atoms with Crippen molar-refractivity contribution in [2.75, 3.05) is 0 Å². The molecular weight excluding hydrogens is 214 g/mol. The van der Waals surface area contributed by atoms with Gasteiger partial charge in [0.25, 0.3) is 0 Å². The Morgan fingerprint density at radius 3 is 2.47 bits per heavy atom. The van der Waals surface area contributed by atoms with Crippen LogP contribution >= 0.6 is 0 Å². The fourth-order valence-electron chi connectivity index (χ4n) is 1.54. The maximum atomic E-state index is 11.8. The summed E-state index contributed by atoms with van der Waals surface area (Å²) < 4.78 is 0. The van der Waals surface area contributed by atoms with Gasteiger partial charge in [-0.2, -0.15) is 0 Å². The van der Waals surface area contributed by atoms with E-state index in [1.807, 2.05) is 37.3 Å². The second-order valence-electron chi connectivity index (χ2n) is 4.06. The molecule has 1 aromatic rings. The lowest BCUT2D eigenvalue weighted by Crippen LogP contribution is -2.38. The minimum atomic E-state index is -0.576. The van der Waals surface area contributed by atoms with E-state index >= 15 is 0 Å². The van der Waals surface area contributed by atoms with Crippen LogP contribution < -0.4 is 11.1 Å². The number of hydrogen-bond acceptors (Lipinski definition) is 2. The Bertz CT molecular complexity index is 389. The third kappa shape index (κ3) is 3.59. The molecule has 4 N–H and O–H groups in total. The first-order chi connectivity index (χ1) is 8.06. The van der Waals surface area contributed by atoms with Gasteiger partial charge in [-0.25, -0.2) is 0 Å². The standard InChI is InChI=1S/C13H19N3O/c1-3-11(10-7-5-4-6-8-10)16-13(17)9(2)12(14)15/h4-9,11H,3H2,1-2H3,(H3,14,15)(H,16,17)/t9-,11+/m1/s1. The number of amidine groups is 1. The summed E-state index contributed by atoms with van der Waals surface area (Å²) in [5.74, 6) is -0.883. The molecule has 17 heavy (non-hydrogen) atoms. The SMILES string of the molecule is CC[C@H](NC(=O)[C@H](C)C(=N)N)c1ccccc1. The van der Waals surface area contributed by atoms with Gasteiger partial charge >= 0.3 is 0 Å². The van der Waals surface area contributed by atoms with E-state index in [0.717, 1.165) is 12.0 Å². The van der Waals surface area contributed by atoms with Crippen LogP contribution in [-0.2, 0) is 4.79 Å². The summed E-state index contributed by atoms with van der Waals surface area (Å²) >= 11 is 0. The van der Waals surface area contributed by atoms with Crippen LogP contribution in [0.4, 0.5) is 0 Å². The monoisotopic (exact) mass is 233 g/mol. The van der Waals surface area contributed by atoms with E-state index in [2.05, 4.69) is 5.32 Å². The van der Waals surface area contributed by atoms with Crippen molar-refractivity contribution in [3.05, 3.63) is 35.9 Å². The molecule has 0 fully saturated rings. The quantitative estimate of drug-likeness (QED) is 0.536. The number of carbonyl (C=O) groups is 1. The van der Waals surface area contributed by atoms with Crippen molar-refractivity contribution in [3.8, 4) is 0 Å². The molecule has 0 spiro atoms. The van der Waals surface area contributed by atoms with Gasteiger partial charge in [0.1, 0.15) is 5.84 Å². The Morgan fingerprint density at radius 1 is 1.41 bits per heavy atom. The highest BCUT2D eigenvalue weighted by Crippen LogP contribution is 2.16. The maximum Gasteiger partial charge on any atom is 0.230 e. The molecule has 0 radical (unpaired) electrons. The number of carbonyl (C=O) groups excluding carboxylic acids is 1. The first-order valence-corrected chi connectivity index (χ1v) is 5.75. The fourth-order valence-corrected chi connectivity index (χ4v) is 1.54. The van der Waals surface area contributed by atoms with E-state index in [1.165, 1.54) is 0 Å². The summed E-state index contributed by atoms with van der Waals surface area (Å²) in [7, 11) is 0. The molecule has 0 saturated carbocycles. The zero-order chi connectivity index (χ0) is 12.8. The van der Waals surface area contributed by atoms with Crippen LogP contribution in [0.25, 0.3) is 0 Å². The van der Waals surface area contributed by atoms with Gasteiger partial charge in [-0.1, -0.05) is 37.3 Å². The van der Waals surface area contributed by atoms with E-state index in [0.29, 0.717) is 0 Å². The van der Waals surface area contributed by atoms with Crippen LogP contribution in [0.3, 0.4) is 0 Å². The van der Waals surface area contributed by atoms with E-state index in [-0.39, 0.29) is 17.8 Å². The Morgan fingerprint density at radius 2 is 2.00 bits per heavy atom. The normalized spacial score (nSPS) is 13.8. The van der Waals surface area contributed by atoms with Crippen LogP contribution in [0.5, 0.6) is 0 Å². The molecule has 1 rings (SSSR count). The van der Waals surface area contributed by atoms with Gasteiger partial charge in [-0.3, -0.25) is 10.2 Å². The summed E-state index contributed by atoms with van der Waals surface area (Å²) in [6, 6.07) is 9.76. The predicted molar refractivity (Wildman–Crippen MR) is 68.7 cm³/mol. The van der Waals surface area contributed by atoms with Crippen molar-refractivity contribution in [2.24, 2.45) is 11.7 Å². The zero-order valence-electron chi connectivity index (χ0n) is 10.2.